The van der Waals surface area contributed by atoms with Crippen LogP contribution in [0.4, 0.5) is 4.79 Å². The van der Waals surface area contributed by atoms with E-state index in [1.807, 2.05) is 24.3 Å². The van der Waals surface area contributed by atoms with Gasteiger partial charge in [-0.3, -0.25) is 4.79 Å². The van der Waals surface area contributed by atoms with Crippen LogP contribution in [-0.2, 0) is 9.53 Å². The summed E-state index contributed by atoms with van der Waals surface area (Å²) in [4.78, 5) is 26.3. The average molecular weight is 421 g/mol. The van der Waals surface area contributed by atoms with Crippen LogP contribution in [0.2, 0.25) is 0 Å². The molecule has 1 atom stereocenters. The molecule has 2 aliphatic carbocycles. The number of ether oxygens (including phenoxy) is 1. The third kappa shape index (κ3) is 3.04. The molecule has 1 amide bonds. The summed E-state index contributed by atoms with van der Waals surface area (Å²) >= 11 is 0. The molecule has 2 fully saturated rings. The number of amides is 1. The predicted octanol–water partition coefficient (Wildman–Crippen LogP) is 4.02. The average Bonchev–Trinajstić information content (AvgIpc) is 3.04. The van der Waals surface area contributed by atoms with Crippen LogP contribution in [0.1, 0.15) is 49.1 Å². The summed E-state index contributed by atoms with van der Waals surface area (Å²) in [6.45, 7) is 0.691. The zero-order valence-corrected chi connectivity index (χ0v) is 17.4. The van der Waals surface area contributed by atoms with Gasteiger partial charge in [0.25, 0.3) is 0 Å². The summed E-state index contributed by atoms with van der Waals surface area (Å²) in [5.74, 6) is -0.993. The van der Waals surface area contributed by atoms with Crippen LogP contribution in [0.15, 0.2) is 48.5 Å². The number of benzene rings is 2. The maximum atomic E-state index is 12.9. The molecular weight excluding hydrogens is 394 g/mol. The lowest BCUT2D eigenvalue weighted by Crippen LogP contribution is -2.64. The lowest BCUT2D eigenvalue weighted by Gasteiger charge is -2.53. The van der Waals surface area contributed by atoms with Crippen LogP contribution < -0.4 is 0 Å². The number of aliphatic carboxylic acids is 1. The highest BCUT2D eigenvalue weighted by atomic mass is 16.6. The lowest BCUT2D eigenvalue weighted by atomic mass is 9.56. The number of carbonyl (C=O) groups excluding carboxylic acids is 1. The van der Waals surface area contributed by atoms with Gasteiger partial charge in [-0.25, -0.2) is 4.79 Å². The molecule has 1 saturated carbocycles. The minimum atomic E-state index is -1.40. The van der Waals surface area contributed by atoms with Crippen molar-refractivity contribution in [2.24, 2.45) is 5.41 Å². The van der Waals surface area contributed by atoms with Gasteiger partial charge in [-0.2, -0.15) is 0 Å². The zero-order valence-electron chi connectivity index (χ0n) is 17.4. The topological polar surface area (TPSA) is 87.1 Å². The van der Waals surface area contributed by atoms with E-state index in [2.05, 4.69) is 24.3 Å². The Morgan fingerprint density at radius 2 is 1.58 bits per heavy atom. The molecule has 1 aliphatic heterocycles. The summed E-state index contributed by atoms with van der Waals surface area (Å²) in [6.07, 6.45) is 2.18. The van der Waals surface area contributed by atoms with Gasteiger partial charge < -0.3 is 19.8 Å². The largest absolute Gasteiger partial charge is 0.481 e. The minimum Gasteiger partial charge on any atom is -0.481 e. The fraction of sp³-hybridized carbons (Fsp3) is 0.440. The van der Waals surface area contributed by atoms with Gasteiger partial charge in [0.2, 0.25) is 0 Å². The van der Waals surface area contributed by atoms with E-state index in [9.17, 15) is 19.8 Å². The summed E-state index contributed by atoms with van der Waals surface area (Å²) in [6, 6.07) is 16.3. The number of rotatable bonds is 4. The highest BCUT2D eigenvalue weighted by molar-refractivity contribution is 5.79. The summed E-state index contributed by atoms with van der Waals surface area (Å²) in [5.41, 5.74) is 2.08. The second-order valence-corrected chi connectivity index (χ2v) is 9.10. The highest BCUT2D eigenvalue weighted by Gasteiger charge is 2.61. The van der Waals surface area contributed by atoms with Gasteiger partial charge in [-0.1, -0.05) is 55.0 Å². The van der Waals surface area contributed by atoms with Gasteiger partial charge in [0.05, 0.1) is 17.6 Å². The van der Waals surface area contributed by atoms with E-state index < -0.39 is 23.1 Å². The molecule has 1 unspecified atom stereocenters. The Kier molecular flexibility index (Phi) is 4.77. The lowest BCUT2D eigenvalue weighted by molar-refractivity contribution is -0.193. The van der Waals surface area contributed by atoms with Crippen LogP contribution in [0.25, 0.3) is 11.1 Å². The first-order valence-electron chi connectivity index (χ1n) is 11.0. The Hall–Kier alpha value is -2.86. The van der Waals surface area contributed by atoms with Crippen molar-refractivity contribution in [3.8, 4) is 11.1 Å². The monoisotopic (exact) mass is 421 g/mol. The normalized spacial score (nSPS) is 24.1. The molecule has 6 nitrogen and oxygen atoms in total. The van der Waals surface area contributed by atoms with Gasteiger partial charge in [-0.05, 0) is 47.9 Å². The van der Waals surface area contributed by atoms with Crippen molar-refractivity contribution in [2.45, 2.75) is 43.6 Å². The van der Waals surface area contributed by atoms with Crippen LogP contribution in [-0.4, -0.2) is 52.5 Å². The first-order valence-corrected chi connectivity index (χ1v) is 11.0. The molecule has 0 spiro atoms. The Balaban J connectivity index is 1.31. The SMILES string of the molecule is O=C(OCC1c2ccccc2-c2ccccc21)N1CCCC(O)(C2(C(=O)O)CCC2)C1. The number of β-amino-alcohol motifs (C(OH)–C–C–N with tert-alkyl or cyclic N) is 1. The fourth-order valence-electron chi connectivity index (χ4n) is 5.68. The molecule has 0 aromatic heterocycles. The molecule has 1 heterocycles. The van der Waals surface area contributed by atoms with Crippen molar-refractivity contribution < 1.29 is 24.5 Å². The van der Waals surface area contributed by atoms with Crippen LogP contribution >= 0.6 is 0 Å². The zero-order chi connectivity index (χ0) is 21.6. The summed E-state index contributed by atoms with van der Waals surface area (Å²) in [5, 5.41) is 21.0. The Morgan fingerprint density at radius 1 is 0.968 bits per heavy atom. The van der Waals surface area contributed by atoms with E-state index in [1.54, 1.807) is 0 Å². The molecule has 0 radical (unpaired) electrons. The Morgan fingerprint density at radius 3 is 2.13 bits per heavy atom. The van der Waals surface area contributed by atoms with Crippen molar-refractivity contribution in [1.82, 2.24) is 4.90 Å². The number of carboxylic acid groups (broad SMARTS) is 1. The summed E-state index contributed by atoms with van der Waals surface area (Å²) < 4.78 is 5.73. The molecule has 162 valence electrons. The number of carbonyl (C=O) groups is 2. The minimum absolute atomic E-state index is 0.00989. The van der Waals surface area contributed by atoms with Crippen molar-refractivity contribution in [1.29, 1.82) is 0 Å². The van der Waals surface area contributed by atoms with Gasteiger partial charge in [0, 0.05) is 12.5 Å². The predicted molar refractivity (Wildman–Crippen MR) is 115 cm³/mol. The molecule has 2 aromatic carbocycles. The Bertz CT molecular complexity index is 985. The highest BCUT2D eigenvalue weighted by Crippen LogP contribution is 2.52. The molecule has 6 heteroatoms. The number of fused-ring (bicyclic) bond motifs is 3. The second-order valence-electron chi connectivity index (χ2n) is 9.10. The van der Waals surface area contributed by atoms with Crippen molar-refractivity contribution >= 4 is 12.1 Å². The molecule has 31 heavy (non-hydrogen) atoms. The van der Waals surface area contributed by atoms with Gasteiger partial charge in [-0.15, -0.1) is 0 Å². The van der Waals surface area contributed by atoms with Crippen molar-refractivity contribution in [3.05, 3.63) is 59.7 Å². The molecule has 3 aliphatic rings. The number of aliphatic hydroxyl groups is 1. The number of nitrogens with zero attached hydrogens (tertiary/aromatic N) is 1. The molecule has 0 bridgehead atoms. The smallest absolute Gasteiger partial charge is 0.409 e. The van der Waals surface area contributed by atoms with Crippen molar-refractivity contribution in [3.63, 3.8) is 0 Å². The maximum absolute atomic E-state index is 12.9. The van der Waals surface area contributed by atoms with E-state index >= 15 is 0 Å². The van der Waals surface area contributed by atoms with Gasteiger partial charge >= 0.3 is 12.1 Å². The number of hydrogen-bond acceptors (Lipinski definition) is 4. The quantitative estimate of drug-likeness (QED) is 0.779. The Labute approximate surface area is 181 Å². The van der Waals surface area contributed by atoms with E-state index in [1.165, 1.54) is 16.0 Å². The number of likely N-dealkylation sites (tertiary alicyclic amines) is 1. The van der Waals surface area contributed by atoms with E-state index in [0.29, 0.717) is 32.2 Å². The first kappa shape index (κ1) is 20.1. The third-order valence-corrected chi connectivity index (χ3v) is 7.57. The van der Waals surface area contributed by atoms with Crippen molar-refractivity contribution in [2.75, 3.05) is 19.7 Å². The molecular formula is C25H27NO5. The van der Waals surface area contributed by atoms with Gasteiger partial charge in [0.15, 0.2) is 0 Å². The van der Waals surface area contributed by atoms with Crippen LogP contribution in [0, 0.1) is 5.41 Å². The van der Waals surface area contributed by atoms with Crippen LogP contribution in [0.3, 0.4) is 0 Å². The van der Waals surface area contributed by atoms with E-state index in [4.69, 9.17) is 4.74 Å². The molecule has 2 N–H and O–H groups in total. The molecule has 1 saturated heterocycles. The number of hydrogen-bond donors (Lipinski definition) is 2. The third-order valence-electron chi connectivity index (χ3n) is 7.57. The number of carboxylic acids is 1. The van der Waals surface area contributed by atoms with E-state index in [-0.39, 0.29) is 19.1 Å². The molecule has 2 aromatic rings. The maximum Gasteiger partial charge on any atom is 0.409 e. The van der Waals surface area contributed by atoms with Crippen LogP contribution in [0.5, 0.6) is 0 Å². The second kappa shape index (κ2) is 7.38. The fourth-order valence-corrected chi connectivity index (χ4v) is 5.68. The number of piperidine rings is 1. The first-order chi connectivity index (χ1) is 15.0. The standard InChI is InChI=1S/C25H27NO5/c27-22(28)24(11-5-12-24)25(30)13-6-14-26(16-25)23(29)31-15-21-19-9-3-1-7-17(19)18-8-2-4-10-20(18)21/h1-4,7-10,21,30H,5-6,11-16H2,(H,27,28). The molecule has 5 rings (SSSR count). The summed E-state index contributed by atoms with van der Waals surface area (Å²) in [7, 11) is 0. The van der Waals surface area contributed by atoms with Gasteiger partial charge in [0.1, 0.15) is 6.61 Å². The van der Waals surface area contributed by atoms with E-state index in [0.717, 1.165) is 17.5 Å².